The van der Waals surface area contributed by atoms with Crippen LogP contribution in [0.1, 0.15) is 30.5 Å². The molecule has 0 radical (unpaired) electrons. The van der Waals surface area contributed by atoms with Gasteiger partial charge in [0, 0.05) is 12.2 Å². The van der Waals surface area contributed by atoms with E-state index >= 15 is 0 Å². The summed E-state index contributed by atoms with van der Waals surface area (Å²) in [7, 11) is 0. The summed E-state index contributed by atoms with van der Waals surface area (Å²) in [6.07, 6.45) is 0.00312. The Hall–Kier alpha value is -2.69. The number of hydrogen-bond acceptors (Lipinski definition) is 2. The average molecular weight is 326 g/mol. The molecule has 0 saturated heterocycles. The molecule has 0 aromatic heterocycles. The van der Waals surface area contributed by atoms with E-state index in [1.807, 2.05) is 32.0 Å². The maximum atomic E-state index is 13.6. The van der Waals surface area contributed by atoms with E-state index in [0.717, 1.165) is 16.8 Å². The Morgan fingerprint density at radius 1 is 1.21 bits per heavy atom. The third-order valence-corrected chi connectivity index (χ3v) is 4.37. The second kappa shape index (κ2) is 6.07. The van der Waals surface area contributed by atoms with E-state index < -0.39 is 5.41 Å². The molecule has 0 unspecified atom stereocenters. The molecular weight excluding hydrogens is 307 g/mol. The smallest absolute Gasteiger partial charge is 0.234 e. The van der Waals surface area contributed by atoms with Gasteiger partial charge in [0.1, 0.15) is 5.82 Å². The Morgan fingerprint density at radius 2 is 1.96 bits per heavy atom. The first-order valence-corrected chi connectivity index (χ1v) is 7.83. The van der Waals surface area contributed by atoms with Gasteiger partial charge in [-0.05, 0) is 42.7 Å². The summed E-state index contributed by atoms with van der Waals surface area (Å²) in [5, 5.41) is 5.64. The number of carbonyl (C=O) groups is 2. The second-order valence-corrected chi connectivity index (χ2v) is 6.50. The molecule has 0 saturated carbocycles. The summed E-state index contributed by atoms with van der Waals surface area (Å²) in [6.45, 7) is 4.08. The lowest BCUT2D eigenvalue weighted by atomic mass is 9.85. The van der Waals surface area contributed by atoms with Crippen molar-refractivity contribution >= 4 is 17.5 Å². The zero-order chi connectivity index (χ0) is 17.3. The van der Waals surface area contributed by atoms with Crippen molar-refractivity contribution in [2.75, 3.05) is 5.32 Å². The summed E-state index contributed by atoms with van der Waals surface area (Å²) in [6, 6.07) is 11.9. The third kappa shape index (κ3) is 3.02. The number of nitrogens with one attached hydrogen (secondary N) is 2. The molecule has 1 heterocycles. The lowest BCUT2D eigenvalue weighted by molar-refractivity contribution is -0.121. The van der Waals surface area contributed by atoms with Gasteiger partial charge in [0.05, 0.1) is 11.8 Å². The number of anilines is 1. The zero-order valence-electron chi connectivity index (χ0n) is 13.7. The van der Waals surface area contributed by atoms with E-state index in [2.05, 4.69) is 10.6 Å². The van der Waals surface area contributed by atoms with Crippen molar-refractivity contribution in [3.05, 3.63) is 65.0 Å². The summed E-state index contributed by atoms with van der Waals surface area (Å²) in [4.78, 5) is 24.0. The molecule has 1 aliphatic heterocycles. The van der Waals surface area contributed by atoms with Crippen LogP contribution < -0.4 is 10.6 Å². The molecule has 0 atom stereocenters. The number of halogens is 1. The minimum Gasteiger partial charge on any atom is -0.352 e. The minimum atomic E-state index is -0.581. The van der Waals surface area contributed by atoms with Gasteiger partial charge in [-0.15, -0.1) is 0 Å². The molecule has 3 rings (SSSR count). The predicted octanol–water partition coefficient (Wildman–Crippen LogP) is 2.91. The van der Waals surface area contributed by atoms with Gasteiger partial charge >= 0.3 is 0 Å². The van der Waals surface area contributed by atoms with Gasteiger partial charge in [-0.25, -0.2) is 4.39 Å². The highest BCUT2D eigenvalue weighted by Gasteiger charge is 2.38. The average Bonchev–Trinajstić information content (AvgIpc) is 2.77. The molecule has 2 N–H and O–H groups in total. The first-order valence-electron chi connectivity index (χ1n) is 7.83. The Bertz CT molecular complexity index is 815. The molecule has 2 amide bonds. The van der Waals surface area contributed by atoms with Crippen LogP contribution in [0, 0.1) is 5.82 Å². The van der Waals surface area contributed by atoms with Crippen molar-refractivity contribution in [2.45, 2.75) is 32.2 Å². The van der Waals surface area contributed by atoms with Crippen LogP contribution >= 0.6 is 0 Å². The van der Waals surface area contributed by atoms with Crippen LogP contribution in [0.25, 0.3) is 0 Å². The standard InChI is InChI=1S/C19H19FN2O2/c1-19(2)14-9-12(7-8-16(14)22-18(19)24)11-21-17(23)10-13-5-3-4-6-15(13)20/h3-9H,10-11H2,1-2H3,(H,21,23)(H,22,24). The Morgan fingerprint density at radius 3 is 2.71 bits per heavy atom. The lowest BCUT2D eigenvalue weighted by Gasteiger charge is -2.16. The number of hydrogen-bond donors (Lipinski definition) is 2. The molecule has 2 aromatic rings. The number of benzene rings is 2. The summed E-state index contributed by atoms with van der Waals surface area (Å²) < 4.78 is 13.6. The number of fused-ring (bicyclic) bond motifs is 1. The van der Waals surface area contributed by atoms with Crippen molar-refractivity contribution in [2.24, 2.45) is 0 Å². The van der Waals surface area contributed by atoms with E-state index in [0.29, 0.717) is 12.1 Å². The van der Waals surface area contributed by atoms with Crippen LogP contribution in [-0.4, -0.2) is 11.8 Å². The predicted molar refractivity (Wildman–Crippen MR) is 90.0 cm³/mol. The van der Waals surface area contributed by atoms with Crippen LogP contribution in [0.4, 0.5) is 10.1 Å². The van der Waals surface area contributed by atoms with Gasteiger partial charge in [-0.1, -0.05) is 30.3 Å². The quantitative estimate of drug-likeness (QED) is 0.907. The maximum Gasteiger partial charge on any atom is 0.234 e. The summed E-state index contributed by atoms with van der Waals surface area (Å²) >= 11 is 0. The second-order valence-electron chi connectivity index (χ2n) is 6.50. The molecule has 0 spiro atoms. The molecule has 124 valence electrons. The Kier molecular flexibility index (Phi) is 4.09. The molecule has 0 bridgehead atoms. The van der Waals surface area contributed by atoms with Crippen molar-refractivity contribution in [1.29, 1.82) is 0 Å². The van der Waals surface area contributed by atoms with Gasteiger partial charge < -0.3 is 10.6 Å². The van der Waals surface area contributed by atoms with E-state index in [1.165, 1.54) is 6.07 Å². The van der Waals surface area contributed by atoms with Crippen molar-refractivity contribution in [3.63, 3.8) is 0 Å². The fourth-order valence-corrected chi connectivity index (χ4v) is 2.81. The first-order chi connectivity index (χ1) is 11.4. The molecule has 4 nitrogen and oxygen atoms in total. The molecule has 24 heavy (non-hydrogen) atoms. The Labute approximate surface area is 140 Å². The maximum absolute atomic E-state index is 13.6. The van der Waals surface area contributed by atoms with Gasteiger partial charge in [0.25, 0.3) is 0 Å². The molecule has 0 fully saturated rings. The number of carbonyl (C=O) groups excluding carboxylic acids is 2. The summed E-state index contributed by atoms with van der Waals surface area (Å²) in [5.74, 6) is -0.649. The van der Waals surface area contributed by atoms with E-state index in [9.17, 15) is 14.0 Å². The van der Waals surface area contributed by atoms with Crippen molar-refractivity contribution in [1.82, 2.24) is 5.32 Å². The molecule has 0 aliphatic carbocycles. The fourth-order valence-electron chi connectivity index (χ4n) is 2.81. The molecule has 5 heteroatoms. The van der Waals surface area contributed by atoms with Gasteiger partial charge in [-0.2, -0.15) is 0 Å². The normalized spacial score (nSPS) is 14.9. The molecule has 1 aliphatic rings. The van der Waals surface area contributed by atoms with Crippen LogP contribution in [0.5, 0.6) is 0 Å². The van der Waals surface area contributed by atoms with Crippen molar-refractivity contribution in [3.8, 4) is 0 Å². The van der Waals surface area contributed by atoms with E-state index in [4.69, 9.17) is 0 Å². The largest absolute Gasteiger partial charge is 0.352 e. The third-order valence-electron chi connectivity index (χ3n) is 4.37. The van der Waals surface area contributed by atoms with E-state index in [1.54, 1.807) is 18.2 Å². The highest BCUT2D eigenvalue weighted by atomic mass is 19.1. The van der Waals surface area contributed by atoms with Crippen LogP contribution in [0.3, 0.4) is 0 Å². The van der Waals surface area contributed by atoms with Crippen LogP contribution in [0.2, 0.25) is 0 Å². The van der Waals surface area contributed by atoms with Crippen molar-refractivity contribution < 1.29 is 14.0 Å². The summed E-state index contributed by atoms with van der Waals surface area (Å²) in [5.41, 5.74) is 2.43. The molecular formula is C19H19FN2O2. The fraction of sp³-hybridized carbons (Fsp3) is 0.263. The lowest BCUT2D eigenvalue weighted by Crippen LogP contribution is -2.27. The first kappa shape index (κ1) is 16.2. The minimum absolute atomic E-state index is 0.00312. The number of rotatable bonds is 4. The van der Waals surface area contributed by atoms with Gasteiger partial charge in [0.15, 0.2) is 0 Å². The van der Waals surface area contributed by atoms with Crippen LogP contribution in [-0.2, 0) is 28.0 Å². The van der Waals surface area contributed by atoms with E-state index in [-0.39, 0.29) is 24.1 Å². The topological polar surface area (TPSA) is 58.2 Å². The SMILES string of the molecule is CC1(C)C(=O)Nc2ccc(CNC(=O)Cc3ccccc3F)cc21. The van der Waals surface area contributed by atoms with Gasteiger partial charge in [0.2, 0.25) is 11.8 Å². The monoisotopic (exact) mass is 326 g/mol. The van der Waals surface area contributed by atoms with Crippen LogP contribution in [0.15, 0.2) is 42.5 Å². The Balaban J connectivity index is 1.66. The molecule has 2 aromatic carbocycles. The number of amides is 2. The van der Waals surface area contributed by atoms with Gasteiger partial charge in [-0.3, -0.25) is 9.59 Å². The highest BCUT2D eigenvalue weighted by molar-refractivity contribution is 6.05. The zero-order valence-corrected chi connectivity index (χ0v) is 13.7. The highest BCUT2D eigenvalue weighted by Crippen LogP contribution is 2.37.